The minimum absolute atomic E-state index is 0.0586. The van der Waals surface area contributed by atoms with Gasteiger partial charge in [0.05, 0.1) is 12.6 Å². The molecule has 3 nitrogen and oxygen atoms in total. The Bertz CT molecular complexity index is 914. The standard InChI is InChI=1S/C22H24N2OS2/c1-15(2)16-6-3-4-7-18(16)23-21(25)14-24-11-9-19-17(10-13-27-19)22(24)20-8-5-12-26-20/h3-8,10,12-13,15,22H,9,11,14H2,1-2H3,(H,23,25). The van der Waals surface area contributed by atoms with Gasteiger partial charge in [0.2, 0.25) is 5.91 Å². The summed E-state index contributed by atoms with van der Waals surface area (Å²) in [6.07, 6.45) is 1.02. The van der Waals surface area contributed by atoms with E-state index < -0.39 is 0 Å². The molecule has 4 rings (SSSR count). The lowest BCUT2D eigenvalue weighted by molar-refractivity contribution is -0.117. The van der Waals surface area contributed by atoms with Gasteiger partial charge in [0.15, 0.2) is 0 Å². The van der Waals surface area contributed by atoms with Crippen LogP contribution in [0.1, 0.15) is 46.7 Å². The number of thiophene rings is 2. The Kier molecular flexibility index (Phi) is 5.43. The molecule has 0 spiro atoms. The van der Waals surface area contributed by atoms with Crippen molar-refractivity contribution in [3.05, 3.63) is 74.1 Å². The van der Waals surface area contributed by atoms with E-state index in [1.54, 1.807) is 11.3 Å². The summed E-state index contributed by atoms with van der Waals surface area (Å²) in [5.74, 6) is 0.437. The molecule has 0 bridgehead atoms. The Morgan fingerprint density at radius 2 is 2.00 bits per heavy atom. The molecule has 1 atom stereocenters. The van der Waals surface area contributed by atoms with Crippen molar-refractivity contribution < 1.29 is 4.79 Å². The largest absolute Gasteiger partial charge is 0.325 e. The Morgan fingerprint density at radius 1 is 1.15 bits per heavy atom. The molecule has 1 N–H and O–H groups in total. The minimum atomic E-state index is 0.0586. The van der Waals surface area contributed by atoms with Crippen molar-refractivity contribution in [1.29, 1.82) is 0 Å². The second kappa shape index (κ2) is 7.97. The number of anilines is 1. The quantitative estimate of drug-likeness (QED) is 0.616. The average Bonchev–Trinajstić information content (AvgIpc) is 3.33. The van der Waals surface area contributed by atoms with E-state index in [-0.39, 0.29) is 11.9 Å². The molecule has 1 aliphatic rings. The average molecular weight is 397 g/mol. The molecular weight excluding hydrogens is 372 g/mol. The molecule has 1 aromatic carbocycles. The molecule has 1 aliphatic heterocycles. The zero-order chi connectivity index (χ0) is 18.8. The van der Waals surface area contributed by atoms with Crippen LogP contribution in [-0.4, -0.2) is 23.9 Å². The molecule has 3 heterocycles. The molecular formula is C22H24N2OS2. The van der Waals surface area contributed by atoms with Gasteiger partial charge in [-0.3, -0.25) is 9.69 Å². The van der Waals surface area contributed by atoms with E-state index in [9.17, 15) is 4.79 Å². The topological polar surface area (TPSA) is 32.3 Å². The van der Waals surface area contributed by atoms with E-state index >= 15 is 0 Å². The zero-order valence-electron chi connectivity index (χ0n) is 15.6. The smallest absolute Gasteiger partial charge is 0.238 e. The highest BCUT2D eigenvalue weighted by molar-refractivity contribution is 7.10. The lowest BCUT2D eigenvalue weighted by atomic mass is 9.98. The lowest BCUT2D eigenvalue weighted by Crippen LogP contribution is -2.40. The van der Waals surface area contributed by atoms with Crippen LogP contribution in [0.5, 0.6) is 0 Å². The van der Waals surface area contributed by atoms with Crippen molar-refractivity contribution in [3.63, 3.8) is 0 Å². The van der Waals surface area contributed by atoms with Crippen LogP contribution in [-0.2, 0) is 11.2 Å². The summed E-state index contributed by atoms with van der Waals surface area (Å²) >= 11 is 3.60. The Hall–Kier alpha value is -1.95. The number of amides is 1. The first-order chi connectivity index (χ1) is 13.1. The van der Waals surface area contributed by atoms with Gasteiger partial charge in [-0.25, -0.2) is 0 Å². The van der Waals surface area contributed by atoms with Crippen molar-refractivity contribution in [2.45, 2.75) is 32.2 Å². The van der Waals surface area contributed by atoms with E-state index in [1.165, 1.54) is 20.9 Å². The molecule has 0 fully saturated rings. The molecule has 0 saturated heterocycles. The first-order valence-corrected chi connectivity index (χ1v) is 11.1. The molecule has 2 aromatic heterocycles. The first kappa shape index (κ1) is 18.4. The Balaban J connectivity index is 1.54. The van der Waals surface area contributed by atoms with E-state index in [1.807, 2.05) is 29.5 Å². The lowest BCUT2D eigenvalue weighted by Gasteiger charge is -2.35. The van der Waals surface area contributed by atoms with E-state index in [0.717, 1.165) is 18.7 Å². The normalized spacial score (nSPS) is 17.1. The predicted molar refractivity (Wildman–Crippen MR) is 115 cm³/mol. The number of hydrogen-bond acceptors (Lipinski definition) is 4. The SMILES string of the molecule is CC(C)c1ccccc1NC(=O)CN1CCc2sccc2C1c1cccs1. The fraction of sp³-hybridized carbons (Fsp3) is 0.318. The highest BCUT2D eigenvalue weighted by Crippen LogP contribution is 2.39. The van der Waals surface area contributed by atoms with Gasteiger partial charge < -0.3 is 5.32 Å². The number of rotatable bonds is 5. The predicted octanol–water partition coefficient (Wildman–Crippen LogP) is 5.52. The van der Waals surface area contributed by atoms with Crippen molar-refractivity contribution in [3.8, 4) is 0 Å². The van der Waals surface area contributed by atoms with Gasteiger partial charge in [0.25, 0.3) is 0 Å². The Labute approximate surface area is 168 Å². The molecule has 5 heteroatoms. The summed E-state index contributed by atoms with van der Waals surface area (Å²) in [7, 11) is 0. The number of hydrogen-bond donors (Lipinski definition) is 1. The molecule has 1 amide bonds. The number of carbonyl (C=O) groups is 1. The van der Waals surface area contributed by atoms with Crippen LogP contribution < -0.4 is 5.32 Å². The van der Waals surface area contributed by atoms with Crippen LogP contribution in [0.3, 0.4) is 0 Å². The summed E-state index contributed by atoms with van der Waals surface area (Å²) in [4.78, 5) is 18.0. The summed E-state index contributed by atoms with van der Waals surface area (Å²) in [6.45, 7) is 5.63. The number of benzene rings is 1. The molecule has 1 unspecified atom stereocenters. The third-order valence-electron chi connectivity index (χ3n) is 5.08. The van der Waals surface area contributed by atoms with E-state index in [2.05, 4.69) is 59.1 Å². The fourth-order valence-corrected chi connectivity index (χ4v) is 5.59. The van der Waals surface area contributed by atoms with E-state index in [4.69, 9.17) is 0 Å². The zero-order valence-corrected chi connectivity index (χ0v) is 17.3. The molecule has 140 valence electrons. The van der Waals surface area contributed by atoms with Crippen molar-refractivity contribution in [2.75, 3.05) is 18.4 Å². The van der Waals surface area contributed by atoms with Crippen LogP contribution in [0.15, 0.2) is 53.2 Å². The Morgan fingerprint density at radius 3 is 2.78 bits per heavy atom. The third-order valence-corrected chi connectivity index (χ3v) is 7.00. The monoisotopic (exact) mass is 396 g/mol. The van der Waals surface area contributed by atoms with Crippen LogP contribution in [0, 0.1) is 0 Å². The van der Waals surface area contributed by atoms with Crippen molar-refractivity contribution in [2.24, 2.45) is 0 Å². The number of fused-ring (bicyclic) bond motifs is 1. The molecule has 0 radical (unpaired) electrons. The van der Waals surface area contributed by atoms with E-state index in [0.29, 0.717) is 12.5 Å². The van der Waals surface area contributed by atoms with Crippen LogP contribution >= 0.6 is 22.7 Å². The van der Waals surface area contributed by atoms with Gasteiger partial charge in [-0.05, 0) is 52.4 Å². The van der Waals surface area contributed by atoms with Crippen LogP contribution in [0.4, 0.5) is 5.69 Å². The molecule has 3 aromatic rings. The maximum Gasteiger partial charge on any atom is 0.238 e. The number of para-hydroxylation sites is 1. The van der Waals surface area contributed by atoms with Gasteiger partial charge in [0.1, 0.15) is 0 Å². The number of nitrogens with one attached hydrogen (secondary N) is 1. The first-order valence-electron chi connectivity index (χ1n) is 9.36. The summed E-state index contributed by atoms with van der Waals surface area (Å²) in [5, 5.41) is 7.44. The maximum absolute atomic E-state index is 12.9. The van der Waals surface area contributed by atoms with Gasteiger partial charge in [0, 0.05) is 22.0 Å². The maximum atomic E-state index is 12.9. The molecule has 0 aliphatic carbocycles. The third kappa shape index (κ3) is 3.86. The molecule has 0 saturated carbocycles. The second-order valence-electron chi connectivity index (χ2n) is 7.23. The highest BCUT2D eigenvalue weighted by Gasteiger charge is 2.31. The van der Waals surface area contributed by atoms with Crippen LogP contribution in [0.2, 0.25) is 0 Å². The fourth-order valence-electron chi connectivity index (χ4n) is 3.81. The summed E-state index contributed by atoms with van der Waals surface area (Å²) in [6, 6.07) is 14.8. The second-order valence-corrected chi connectivity index (χ2v) is 9.21. The van der Waals surface area contributed by atoms with Crippen LogP contribution in [0.25, 0.3) is 0 Å². The van der Waals surface area contributed by atoms with Gasteiger partial charge >= 0.3 is 0 Å². The summed E-state index contributed by atoms with van der Waals surface area (Å²) in [5.41, 5.74) is 3.47. The van der Waals surface area contributed by atoms with Gasteiger partial charge in [-0.2, -0.15) is 0 Å². The number of nitrogens with zero attached hydrogens (tertiary/aromatic N) is 1. The minimum Gasteiger partial charge on any atom is -0.325 e. The van der Waals surface area contributed by atoms with Gasteiger partial charge in [-0.15, -0.1) is 22.7 Å². The van der Waals surface area contributed by atoms with Gasteiger partial charge in [-0.1, -0.05) is 38.1 Å². The van der Waals surface area contributed by atoms with Crippen molar-refractivity contribution in [1.82, 2.24) is 4.90 Å². The number of carbonyl (C=O) groups excluding carboxylic acids is 1. The summed E-state index contributed by atoms with van der Waals surface area (Å²) < 4.78 is 0. The van der Waals surface area contributed by atoms with Crippen molar-refractivity contribution >= 4 is 34.3 Å². The highest BCUT2D eigenvalue weighted by atomic mass is 32.1. The molecule has 27 heavy (non-hydrogen) atoms.